The molecule has 1 N–H and O–H groups in total. The first-order chi connectivity index (χ1) is 8.57. The fourth-order valence-corrected chi connectivity index (χ4v) is 3.99. The number of furan rings is 1. The molecule has 18 heavy (non-hydrogen) atoms. The van der Waals surface area contributed by atoms with Gasteiger partial charge in [-0.05, 0) is 19.5 Å². The summed E-state index contributed by atoms with van der Waals surface area (Å²) < 4.78 is 27.7. The number of rotatable bonds is 6. The van der Waals surface area contributed by atoms with Gasteiger partial charge in [0.05, 0.1) is 24.0 Å². The molecular weight excluding hydrogens is 252 g/mol. The second-order valence-electron chi connectivity index (χ2n) is 4.85. The molecule has 1 unspecified atom stereocenters. The molecule has 0 aliphatic carbocycles. The summed E-state index contributed by atoms with van der Waals surface area (Å²) in [4.78, 5) is 2.13. The number of hydrogen-bond acceptors (Lipinski definition) is 5. The Balaban J connectivity index is 1.65. The summed E-state index contributed by atoms with van der Waals surface area (Å²) in [6.45, 7) is 2.49. The first kappa shape index (κ1) is 13.6. The summed E-state index contributed by atoms with van der Waals surface area (Å²) in [6.07, 6.45) is 4.15. The zero-order valence-corrected chi connectivity index (χ0v) is 11.4. The summed E-state index contributed by atoms with van der Waals surface area (Å²) in [5, 5.41) is 3.31. The number of nitrogens with zero attached hydrogens (tertiary/aromatic N) is 1. The van der Waals surface area contributed by atoms with Crippen molar-refractivity contribution in [3.05, 3.63) is 24.2 Å². The zero-order valence-electron chi connectivity index (χ0n) is 10.6. The maximum absolute atomic E-state index is 11.4. The molecule has 1 aromatic heterocycles. The average molecular weight is 272 g/mol. The summed E-state index contributed by atoms with van der Waals surface area (Å²) in [6, 6.07) is 2.12. The molecule has 2 rings (SSSR count). The molecule has 5 nitrogen and oxygen atoms in total. The van der Waals surface area contributed by atoms with Gasteiger partial charge in [-0.25, -0.2) is 8.42 Å². The highest BCUT2D eigenvalue weighted by molar-refractivity contribution is 7.91. The molecule has 2 heterocycles. The van der Waals surface area contributed by atoms with Crippen molar-refractivity contribution in [2.24, 2.45) is 0 Å². The first-order valence-corrected chi connectivity index (χ1v) is 8.01. The highest BCUT2D eigenvalue weighted by Crippen LogP contribution is 2.15. The van der Waals surface area contributed by atoms with Crippen LogP contribution in [0.25, 0.3) is 0 Å². The summed E-state index contributed by atoms with van der Waals surface area (Å²) in [5.74, 6) is 0.648. The average Bonchev–Trinajstić information content (AvgIpc) is 2.93. The molecular formula is C12H20N2O3S. The van der Waals surface area contributed by atoms with Crippen LogP contribution in [-0.4, -0.2) is 51.0 Å². The van der Waals surface area contributed by atoms with E-state index < -0.39 is 9.84 Å². The van der Waals surface area contributed by atoms with E-state index in [-0.39, 0.29) is 6.04 Å². The van der Waals surface area contributed by atoms with E-state index in [1.165, 1.54) is 0 Å². The fourth-order valence-electron chi connectivity index (χ4n) is 2.19. The van der Waals surface area contributed by atoms with E-state index in [0.717, 1.165) is 31.6 Å². The third-order valence-corrected chi connectivity index (χ3v) is 5.13. The Morgan fingerprint density at radius 1 is 1.56 bits per heavy atom. The summed E-state index contributed by atoms with van der Waals surface area (Å²) in [5.41, 5.74) is 1.13. The fraction of sp³-hybridized carbons (Fsp3) is 0.667. The van der Waals surface area contributed by atoms with E-state index in [0.29, 0.717) is 11.5 Å². The molecule has 1 aliphatic rings. The maximum atomic E-state index is 11.4. The van der Waals surface area contributed by atoms with Crippen molar-refractivity contribution in [1.82, 2.24) is 10.2 Å². The van der Waals surface area contributed by atoms with Crippen LogP contribution in [0.3, 0.4) is 0 Å². The molecule has 102 valence electrons. The van der Waals surface area contributed by atoms with Gasteiger partial charge < -0.3 is 14.6 Å². The van der Waals surface area contributed by atoms with E-state index in [4.69, 9.17) is 4.42 Å². The number of sulfone groups is 1. The molecule has 0 saturated carbocycles. The van der Waals surface area contributed by atoms with Crippen LogP contribution in [0.5, 0.6) is 0 Å². The smallest absolute Gasteiger partial charge is 0.151 e. The van der Waals surface area contributed by atoms with Gasteiger partial charge in [0.25, 0.3) is 0 Å². The topological polar surface area (TPSA) is 62.6 Å². The van der Waals surface area contributed by atoms with Crippen molar-refractivity contribution in [2.75, 3.05) is 31.6 Å². The Hall–Kier alpha value is -0.850. The molecule has 0 bridgehead atoms. The Morgan fingerprint density at radius 2 is 2.39 bits per heavy atom. The predicted molar refractivity (Wildman–Crippen MR) is 70.1 cm³/mol. The molecule has 0 radical (unpaired) electrons. The van der Waals surface area contributed by atoms with Gasteiger partial charge >= 0.3 is 0 Å². The SMILES string of the molecule is CN(CCNCc1ccoc1)C1CCS(=O)(=O)C1. The lowest BCUT2D eigenvalue weighted by atomic mass is 10.2. The van der Waals surface area contributed by atoms with Crippen LogP contribution in [0.15, 0.2) is 23.0 Å². The molecule has 6 heteroatoms. The summed E-state index contributed by atoms with van der Waals surface area (Å²) in [7, 11) is -0.790. The monoisotopic (exact) mass is 272 g/mol. The number of likely N-dealkylation sites (N-methyl/N-ethyl adjacent to an activating group) is 1. The second kappa shape index (κ2) is 5.86. The quantitative estimate of drug-likeness (QED) is 0.764. The van der Waals surface area contributed by atoms with Crippen molar-refractivity contribution in [3.63, 3.8) is 0 Å². The molecule has 0 spiro atoms. The van der Waals surface area contributed by atoms with Gasteiger partial charge in [0, 0.05) is 31.2 Å². The Kier molecular flexibility index (Phi) is 4.42. The van der Waals surface area contributed by atoms with Gasteiger partial charge in [0.15, 0.2) is 9.84 Å². The number of nitrogens with one attached hydrogen (secondary N) is 1. The van der Waals surface area contributed by atoms with E-state index >= 15 is 0 Å². The largest absolute Gasteiger partial charge is 0.472 e. The Bertz CT molecular complexity index is 456. The minimum atomic E-state index is -2.78. The van der Waals surface area contributed by atoms with Crippen LogP contribution < -0.4 is 5.32 Å². The molecule has 1 aromatic rings. The van der Waals surface area contributed by atoms with Crippen LogP contribution >= 0.6 is 0 Å². The van der Waals surface area contributed by atoms with Crippen LogP contribution in [0.1, 0.15) is 12.0 Å². The zero-order chi connectivity index (χ0) is 13.0. The highest BCUT2D eigenvalue weighted by atomic mass is 32.2. The molecule has 1 fully saturated rings. The van der Waals surface area contributed by atoms with Crippen LogP contribution in [0, 0.1) is 0 Å². The standard InChI is InChI=1S/C12H20N2O3S/c1-14(12-3-7-18(15,16)10-12)5-4-13-8-11-2-6-17-9-11/h2,6,9,12-13H,3-5,7-8,10H2,1H3. The highest BCUT2D eigenvalue weighted by Gasteiger charge is 2.30. The van der Waals surface area contributed by atoms with Crippen molar-refractivity contribution in [3.8, 4) is 0 Å². The molecule has 1 atom stereocenters. The van der Waals surface area contributed by atoms with Gasteiger partial charge in [-0.15, -0.1) is 0 Å². The van der Waals surface area contributed by atoms with Crippen molar-refractivity contribution in [1.29, 1.82) is 0 Å². The Morgan fingerprint density at radius 3 is 3.00 bits per heavy atom. The lowest BCUT2D eigenvalue weighted by molar-refractivity contribution is 0.261. The molecule has 0 aromatic carbocycles. The lowest BCUT2D eigenvalue weighted by Gasteiger charge is -2.22. The van der Waals surface area contributed by atoms with Crippen LogP contribution in [-0.2, 0) is 16.4 Å². The van der Waals surface area contributed by atoms with Gasteiger partial charge in [0.2, 0.25) is 0 Å². The Labute approximate surface area is 108 Å². The summed E-state index contributed by atoms with van der Waals surface area (Å²) >= 11 is 0. The minimum Gasteiger partial charge on any atom is -0.472 e. The molecule has 0 amide bonds. The van der Waals surface area contributed by atoms with E-state index in [1.807, 2.05) is 13.1 Å². The lowest BCUT2D eigenvalue weighted by Crippen LogP contribution is -2.37. The van der Waals surface area contributed by atoms with Crippen molar-refractivity contribution >= 4 is 9.84 Å². The molecule has 1 aliphatic heterocycles. The van der Waals surface area contributed by atoms with Crippen molar-refractivity contribution < 1.29 is 12.8 Å². The van der Waals surface area contributed by atoms with E-state index in [9.17, 15) is 8.42 Å². The molecule has 1 saturated heterocycles. The maximum Gasteiger partial charge on any atom is 0.151 e. The van der Waals surface area contributed by atoms with Gasteiger partial charge in [0.1, 0.15) is 0 Å². The normalized spacial score (nSPS) is 22.7. The van der Waals surface area contributed by atoms with Crippen LogP contribution in [0.4, 0.5) is 0 Å². The number of hydrogen-bond donors (Lipinski definition) is 1. The van der Waals surface area contributed by atoms with E-state index in [1.54, 1.807) is 12.5 Å². The van der Waals surface area contributed by atoms with E-state index in [2.05, 4.69) is 10.2 Å². The van der Waals surface area contributed by atoms with Gasteiger partial charge in [-0.2, -0.15) is 0 Å². The first-order valence-electron chi connectivity index (χ1n) is 6.19. The third-order valence-electron chi connectivity index (χ3n) is 3.38. The predicted octanol–water partition coefficient (Wildman–Crippen LogP) is 0.488. The minimum absolute atomic E-state index is 0.186. The third kappa shape index (κ3) is 3.83. The van der Waals surface area contributed by atoms with Crippen LogP contribution in [0.2, 0.25) is 0 Å². The van der Waals surface area contributed by atoms with Crippen molar-refractivity contribution in [2.45, 2.75) is 19.0 Å². The van der Waals surface area contributed by atoms with Gasteiger partial charge in [-0.3, -0.25) is 0 Å². The van der Waals surface area contributed by atoms with Gasteiger partial charge in [-0.1, -0.05) is 0 Å². The second-order valence-corrected chi connectivity index (χ2v) is 7.07.